The molecule has 1 amide bonds. The van der Waals surface area contributed by atoms with Crippen LogP contribution in [0.4, 0.5) is 11.6 Å². The van der Waals surface area contributed by atoms with Crippen molar-refractivity contribution in [1.82, 2.24) is 20.2 Å². The van der Waals surface area contributed by atoms with Gasteiger partial charge in [0.15, 0.2) is 0 Å². The van der Waals surface area contributed by atoms with Crippen LogP contribution in [0.15, 0.2) is 42.7 Å². The normalized spacial score (nSPS) is 11.5. The Hall–Kier alpha value is -2.90. The lowest BCUT2D eigenvalue weighted by atomic mass is 10.1. The van der Waals surface area contributed by atoms with E-state index in [1.54, 1.807) is 18.5 Å². The van der Waals surface area contributed by atoms with Crippen molar-refractivity contribution in [2.24, 2.45) is 0 Å². The number of benzene rings is 1. The van der Waals surface area contributed by atoms with Crippen LogP contribution in [0, 0.1) is 0 Å². The zero-order valence-corrected chi connectivity index (χ0v) is 19.8. The molecule has 0 aliphatic heterocycles. The van der Waals surface area contributed by atoms with Gasteiger partial charge in [-0.1, -0.05) is 23.7 Å². The molecule has 8 heteroatoms. The molecule has 0 atom stereocenters. The molecule has 3 aromatic rings. The summed E-state index contributed by atoms with van der Waals surface area (Å²) in [5, 5.41) is 8.48. The largest absolute Gasteiger partial charge is 0.383 e. The molecule has 170 valence electrons. The summed E-state index contributed by atoms with van der Waals surface area (Å²) < 4.78 is 0. The highest BCUT2D eigenvalue weighted by Crippen LogP contribution is 2.21. The molecule has 32 heavy (non-hydrogen) atoms. The zero-order valence-electron chi connectivity index (χ0n) is 19.0. The second-order valence-corrected chi connectivity index (χ2v) is 8.75. The fraction of sp³-hybridized carbons (Fsp3) is 0.375. The maximum absolute atomic E-state index is 12.6. The topological polar surface area (TPSA) is 96.2 Å². The van der Waals surface area contributed by atoms with Gasteiger partial charge in [0, 0.05) is 49.5 Å². The molecule has 1 aromatic carbocycles. The Morgan fingerprint density at radius 1 is 1.12 bits per heavy atom. The van der Waals surface area contributed by atoms with Crippen molar-refractivity contribution >= 4 is 39.9 Å². The third kappa shape index (κ3) is 5.87. The van der Waals surface area contributed by atoms with Crippen molar-refractivity contribution in [1.29, 1.82) is 0 Å². The predicted octanol–water partition coefficient (Wildman–Crippen LogP) is 4.33. The van der Waals surface area contributed by atoms with Crippen molar-refractivity contribution in [3.8, 4) is 0 Å². The van der Waals surface area contributed by atoms with Crippen LogP contribution in [0.2, 0.25) is 5.02 Å². The molecule has 0 radical (unpaired) electrons. The summed E-state index contributed by atoms with van der Waals surface area (Å²) in [5.74, 6) is 0.844. The van der Waals surface area contributed by atoms with Gasteiger partial charge in [0.2, 0.25) is 0 Å². The zero-order chi connectivity index (χ0) is 23.3. The summed E-state index contributed by atoms with van der Waals surface area (Å²) in [6.45, 7) is 10.7. The molecule has 7 nitrogen and oxygen atoms in total. The molecule has 0 saturated heterocycles. The number of nitrogen functional groups attached to an aromatic ring is 1. The number of anilines is 2. The van der Waals surface area contributed by atoms with Crippen molar-refractivity contribution in [3.05, 3.63) is 58.9 Å². The minimum absolute atomic E-state index is 0.230. The maximum Gasteiger partial charge on any atom is 0.253 e. The van der Waals surface area contributed by atoms with Crippen molar-refractivity contribution in [2.45, 2.75) is 46.3 Å². The fourth-order valence-corrected chi connectivity index (χ4v) is 3.99. The van der Waals surface area contributed by atoms with Crippen molar-refractivity contribution in [3.63, 3.8) is 0 Å². The number of nitrogens with two attached hydrogens (primary N) is 1. The number of nitrogens with one attached hydrogen (secondary N) is 2. The van der Waals surface area contributed by atoms with E-state index in [9.17, 15) is 4.79 Å². The van der Waals surface area contributed by atoms with Gasteiger partial charge in [-0.2, -0.15) is 0 Å². The summed E-state index contributed by atoms with van der Waals surface area (Å²) >= 11 is 6.37. The first kappa shape index (κ1) is 23.8. The van der Waals surface area contributed by atoms with Gasteiger partial charge < -0.3 is 16.4 Å². The molecule has 0 unspecified atom stereocenters. The summed E-state index contributed by atoms with van der Waals surface area (Å²) in [4.78, 5) is 23.4. The Morgan fingerprint density at radius 2 is 1.88 bits per heavy atom. The molecule has 0 aliphatic carbocycles. The number of halogens is 1. The highest BCUT2D eigenvalue weighted by atomic mass is 35.5. The van der Waals surface area contributed by atoms with Crippen molar-refractivity contribution in [2.75, 3.05) is 24.1 Å². The van der Waals surface area contributed by atoms with Gasteiger partial charge >= 0.3 is 0 Å². The van der Waals surface area contributed by atoms with E-state index in [0.717, 1.165) is 29.4 Å². The van der Waals surface area contributed by atoms with E-state index in [2.05, 4.69) is 53.2 Å². The molecule has 0 bridgehead atoms. The number of amides is 1. The Morgan fingerprint density at radius 3 is 2.56 bits per heavy atom. The number of aromatic nitrogens is 2. The Kier molecular flexibility index (Phi) is 7.88. The lowest BCUT2D eigenvalue weighted by Crippen LogP contribution is -2.40. The van der Waals surface area contributed by atoms with E-state index >= 15 is 0 Å². The van der Waals surface area contributed by atoms with Crippen LogP contribution in [0.5, 0.6) is 0 Å². The van der Waals surface area contributed by atoms with E-state index in [1.165, 1.54) is 0 Å². The number of carbonyl (C=O) groups excluding carboxylic acids is 1. The molecule has 2 heterocycles. The van der Waals surface area contributed by atoms with Crippen LogP contribution < -0.4 is 16.4 Å². The lowest BCUT2D eigenvalue weighted by Gasteiger charge is -2.30. The molecular formula is C24H31ClN6O. The molecule has 4 N–H and O–H groups in total. The Balaban J connectivity index is 1.57. The number of carbonyl (C=O) groups is 1. The second-order valence-electron chi connectivity index (χ2n) is 8.34. The molecule has 2 aromatic heterocycles. The highest BCUT2D eigenvalue weighted by molar-refractivity contribution is 6.33. The average molecular weight is 455 g/mol. The van der Waals surface area contributed by atoms with Crippen LogP contribution in [-0.4, -0.2) is 45.9 Å². The minimum Gasteiger partial charge on any atom is -0.383 e. The van der Waals surface area contributed by atoms with Crippen LogP contribution >= 0.6 is 11.6 Å². The molecule has 3 rings (SSSR count). The fourth-order valence-electron chi connectivity index (χ4n) is 3.75. The van der Waals surface area contributed by atoms with Crippen LogP contribution in [0.25, 0.3) is 10.8 Å². The number of rotatable bonds is 9. The minimum atomic E-state index is -0.230. The summed E-state index contributed by atoms with van der Waals surface area (Å²) in [5.41, 5.74) is 7.28. The number of hydrogen-bond donors (Lipinski definition) is 3. The SMILES string of the molecule is CC(C)N(CCNc1ncc(C(=O)NCc2ccc3c(N)nccc3c2)cc1Cl)C(C)C. The van der Waals surface area contributed by atoms with Crippen LogP contribution in [-0.2, 0) is 6.54 Å². The third-order valence-corrected chi connectivity index (χ3v) is 5.69. The van der Waals surface area contributed by atoms with Crippen LogP contribution in [0.3, 0.4) is 0 Å². The van der Waals surface area contributed by atoms with Gasteiger partial charge in [0.1, 0.15) is 11.6 Å². The van der Waals surface area contributed by atoms with E-state index in [1.807, 2.05) is 24.3 Å². The number of nitrogens with zero attached hydrogens (tertiary/aromatic N) is 3. The van der Waals surface area contributed by atoms with Gasteiger partial charge in [-0.25, -0.2) is 9.97 Å². The monoisotopic (exact) mass is 454 g/mol. The molecular weight excluding hydrogens is 424 g/mol. The molecule has 0 aliphatic rings. The number of hydrogen-bond acceptors (Lipinski definition) is 6. The maximum atomic E-state index is 12.6. The highest BCUT2D eigenvalue weighted by Gasteiger charge is 2.14. The Labute approximate surface area is 194 Å². The van der Waals surface area contributed by atoms with E-state index in [-0.39, 0.29) is 5.91 Å². The molecule has 0 fully saturated rings. The quantitative estimate of drug-likeness (QED) is 0.445. The molecule has 0 saturated carbocycles. The van der Waals surface area contributed by atoms with Gasteiger partial charge in [0.25, 0.3) is 5.91 Å². The first-order valence-corrected chi connectivity index (χ1v) is 11.2. The second kappa shape index (κ2) is 10.6. The summed E-state index contributed by atoms with van der Waals surface area (Å²) in [7, 11) is 0. The van der Waals surface area contributed by atoms with E-state index < -0.39 is 0 Å². The number of pyridine rings is 2. The standard InChI is InChI=1S/C24H31ClN6O/c1-15(2)31(16(3)4)10-9-28-23-21(25)12-19(14-29-23)24(32)30-13-17-5-6-20-18(11-17)7-8-27-22(20)26/h5-8,11-12,14-16H,9-10,13H2,1-4H3,(H2,26,27)(H,28,29)(H,30,32). The van der Waals surface area contributed by atoms with Crippen LogP contribution in [0.1, 0.15) is 43.6 Å². The van der Waals surface area contributed by atoms with Gasteiger partial charge in [-0.15, -0.1) is 0 Å². The molecule has 0 spiro atoms. The van der Waals surface area contributed by atoms with Crippen molar-refractivity contribution < 1.29 is 4.79 Å². The smallest absolute Gasteiger partial charge is 0.253 e. The first-order valence-electron chi connectivity index (χ1n) is 10.8. The number of fused-ring (bicyclic) bond motifs is 1. The predicted molar refractivity (Wildman–Crippen MR) is 132 cm³/mol. The van der Waals surface area contributed by atoms with Gasteiger partial charge in [-0.3, -0.25) is 9.69 Å². The van der Waals surface area contributed by atoms with Gasteiger partial charge in [0.05, 0.1) is 10.6 Å². The lowest BCUT2D eigenvalue weighted by molar-refractivity contribution is 0.0950. The van der Waals surface area contributed by atoms with Gasteiger partial charge in [-0.05, 0) is 56.8 Å². The summed E-state index contributed by atoms with van der Waals surface area (Å²) in [6, 6.07) is 10.3. The summed E-state index contributed by atoms with van der Waals surface area (Å²) in [6.07, 6.45) is 3.21. The average Bonchev–Trinajstić information content (AvgIpc) is 2.75. The Bertz CT molecular complexity index is 1080. The first-order chi connectivity index (χ1) is 15.3. The third-order valence-electron chi connectivity index (χ3n) is 5.41. The van der Waals surface area contributed by atoms with E-state index in [4.69, 9.17) is 17.3 Å². The van der Waals surface area contributed by atoms with E-state index in [0.29, 0.717) is 40.9 Å².